The summed E-state index contributed by atoms with van der Waals surface area (Å²) in [5.41, 5.74) is 0.522. The lowest BCUT2D eigenvalue weighted by atomic mass is 10.1. The van der Waals surface area contributed by atoms with Gasteiger partial charge in [-0.15, -0.1) is 0 Å². The van der Waals surface area contributed by atoms with E-state index in [1.165, 1.54) is 6.07 Å². The summed E-state index contributed by atoms with van der Waals surface area (Å²) in [7, 11) is 0. The predicted molar refractivity (Wildman–Crippen MR) is 48.1 cm³/mol. The summed E-state index contributed by atoms with van der Waals surface area (Å²) in [4.78, 5) is 10.8. The molecular weight excluding hydrogens is 204 g/mol. The summed E-state index contributed by atoms with van der Waals surface area (Å²) in [6.07, 6.45) is -0.405. The smallest absolute Gasteiger partial charge is 0.246 e. The molecule has 1 aromatic carbocycles. The number of ether oxygens (including phenoxy) is 1. The van der Waals surface area contributed by atoms with Gasteiger partial charge in [0, 0.05) is 6.54 Å². The van der Waals surface area contributed by atoms with Gasteiger partial charge in [0.15, 0.2) is 11.6 Å². The van der Waals surface area contributed by atoms with Crippen LogP contribution in [0.25, 0.3) is 0 Å². The average molecular weight is 213 g/mol. The quantitative estimate of drug-likeness (QED) is 0.760. The van der Waals surface area contributed by atoms with Gasteiger partial charge in [0.1, 0.15) is 12.7 Å². The van der Waals surface area contributed by atoms with E-state index in [-0.39, 0.29) is 19.1 Å². The van der Waals surface area contributed by atoms with Gasteiger partial charge in [-0.2, -0.15) is 0 Å². The lowest BCUT2D eigenvalue weighted by molar-refractivity contribution is -0.133. The average Bonchev–Trinajstić information content (AvgIpc) is 2.23. The number of morpholine rings is 1. The number of carbonyl (C=O) groups excluding carboxylic acids is 1. The molecule has 1 N–H and O–H groups in total. The van der Waals surface area contributed by atoms with Crippen molar-refractivity contribution in [2.45, 2.75) is 6.10 Å². The van der Waals surface area contributed by atoms with Crippen molar-refractivity contribution in [2.75, 3.05) is 13.2 Å². The van der Waals surface area contributed by atoms with Gasteiger partial charge in [-0.1, -0.05) is 6.07 Å². The van der Waals surface area contributed by atoms with Crippen LogP contribution >= 0.6 is 0 Å². The zero-order chi connectivity index (χ0) is 10.8. The lowest BCUT2D eigenvalue weighted by Gasteiger charge is -2.23. The van der Waals surface area contributed by atoms with Gasteiger partial charge in [-0.05, 0) is 17.7 Å². The zero-order valence-corrected chi connectivity index (χ0v) is 7.80. The highest BCUT2D eigenvalue weighted by Gasteiger charge is 2.20. The highest BCUT2D eigenvalue weighted by atomic mass is 19.2. The highest BCUT2D eigenvalue weighted by molar-refractivity contribution is 5.77. The third-order valence-electron chi connectivity index (χ3n) is 2.22. The Labute approximate surface area is 85.0 Å². The molecule has 0 bridgehead atoms. The number of hydrogen-bond donors (Lipinski definition) is 1. The molecule has 1 atom stereocenters. The topological polar surface area (TPSA) is 38.3 Å². The van der Waals surface area contributed by atoms with Crippen LogP contribution in [0.3, 0.4) is 0 Å². The SMILES string of the molecule is O=C1CO[C@H](c2ccc(F)c(F)c2)CN1. The molecule has 0 saturated carbocycles. The predicted octanol–water partition coefficient (Wildman–Crippen LogP) is 1.15. The van der Waals surface area contributed by atoms with Crippen LogP contribution in [0.4, 0.5) is 8.78 Å². The zero-order valence-electron chi connectivity index (χ0n) is 7.80. The molecule has 3 nitrogen and oxygen atoms in total. The molecule has 0 aliphatic carbocycles. The van der Waals surface area contributed by atoms with Crippen LogP contribution in [-0.4, -0.2) is 19.1 Å². The molecule has 2 rings (SSSR count). The fourth-order valence-electron chi connectivity index (χ4n) is 1.42. The van der Waals surface area contributed by atoms with Crippen molar-refractivity contribution >= 4 is 5.91 Å². The molecule has 0 aromatic heterocycles. The second kappa shape index (κ2) is 3.94. The van der Waals surface area contributed by atoms with E-state index in [1.807, 2.05) is 0 Å². The Balaban J connectivity index is 2.16. The molecule has 0 radical (unpaired) electrons. The van der Waals surface area contributed by atoms with E-state index in [2.05, 4.69) is 5.32 Å². The van der Waals surface area contributed by atoms with E-state index in [9.17, 15) is 13.6 Å². The maximum atomic E-state index is 12.9. The third kappa shape index (κ3) is 2.12. The highest BCUT2D eigenvalue weighted by Crippen LogP contribution is 2.20. The van der Waals surface area contributed by atoms with Crippen LogP contribution in [0.1, 0.15) is 11.7 Å². The maximum absolute atomic E-state index is 12.9. The first-order valence-electron chi connectivity index (χ1n) is 4.50. The van der Waals surface area contributed by atoms with Crippen molar-refractivity contribution in [1.82, 2.24) is 5.32 Å². The summed E-state index contributed by atoms with van der Waals surface area (Å²) >= 11 is 0. The summed E-state index contributed by atoms with van der Waals surface area (Å²) in [6.45, 7) is 0.230. The Bertz CT molecular complexity index is 385. The Morgan fingerprint density at radius 3 is 2.73 bits per heavy atom. The third-order valence-corrected chi connectivity index (χ3v) is 2.22. The molecule has 0 spiro atoms. The Kier molecular flexibility index (Phi) is 2.64. The van der Waals surface area contributed by atoms with E-state index < -0.39 is 17.7 Å². The molecule has 1 aromatic rings. The van der Waals surface area contributed by atoms with Crippen molar-refractivity contribution in [3.8, 4) is 0 Å². The van der Waals surface area contributed by atoms with Crippen LogP contribution in [0.15, 0.2) is 18.2 Å². The first-order chi connectivity index (χ1) is 7.16. The van der Waals surface area contributed by atoms with E-state index in [1.54, 1.807) is 0 Å². The van der Waals surface area contributed by atoms with Gasteiger partial charge in [0.2, 0.25) is 5.91 Å². The molecular formula is C10H9F2NO2. The maximum Gasteiger partial charge on any atom is 0.246 e. The molecule has 1 saturated heterocycles. The summed E-state index contributed by atoms with van der Waals surface area (Å²) in [5, 5.41) is 2.58. The monoisotopic (exact) mass is 213 g/mol. The van der Waals surface area contributed by atoms with Crippen LogP contribution in [0.5, 0.6) is 0 Å². The molecule has 80 valence electrons. The normalized spacial score (nSPS) is 21.2. The van der Waals surface area contributed by atoms with Crippen molar-refractivity contribution in [3.63, 3.8) is 0 Å². The van der Waals surface area contributed by atoms with Crippen molar-refractivity contribution in [3.05, 3.63) is 35.4 Å². The van der Waals surface area contributed by atoms with Gasteiger partial charge in [0.05, 0.1) is 0 Å². The van der Waals surface area contributed by atoms with Crippen LogP contribution < -0.4 is 5.32 Å². The number of rotatable bonds is 1. The largest absolute Gasteiger partial charge is 0.362 e. The summed E-state index contributed by atoms with van der Waals surface area (Å²) in [6, 6.07) is 3.57. The fourth-order valence-corrected chi connectivity index (χ4v) is 1.42. The van der Waals surface area contributed by atoms with E-state index >= 15 is 0 Å². The first-order valence-corrected chi connectivity index (χ1v) is 4.50. The van der Waals surface area contributed by atoms with Gasteiger partial charge < -0.3 is 10.1 Å². The minimum absolute atomic E-state index is 0.0519. The molecule has 1 amide bonds. The van der Waals surface area contributed by atoms with Crippen molar-refractivity contribution in [2.24, 2.45) is 0 Å². The fraction of sp³-hybridized carbons (Fsp3) is 0.300. The number of carbonyl (C=O) groups is 1. The van der Waals surface area contributed by atoms with E-state index in [0.29, 0.717) is 5.56 Å². The summed E-state index contributed by atoms with van der Waals surface area (Å²) < 4.78 is 30.7. The molecule has 1 aliphatic heterocycles. The van der Waals surface area contributed by atoms with E-state index in [0.717, 1.165) is 12.1 Å². The standard InChI is InChI=1S/C10H9F2NO2/c11-7-2-1-6(3-8(7)12)9-4-13-10(14)5-15-9/h1-3,9H,4-5H2,(H,13,14)/t9-/m0/s1. The molecule has 1 aliphatic rings. The Morgan fingerprint density at radius 1 is 1.33 bits per heavy atom. The van der Waals surface area contributed by atoms with Crippen molar-refractivity contribution in [1.29, 1.82) is 0 Å². The van der Waals surface area contributed by atoms with Gasteiger partial charge in [-0.25, -0.2) is 8.78 Å². The van der Waals surface area contributed by atoms with Crippen LogP contribution in [0, 0.1) is 11.6 Å². The molecule has 15 heavy (non-hydrogen) atoms. The van der Waals surface area contributed by atoms with E-state index in [4.69, 9.17) is 4.74 Å². The number of hydrogen-bond acceptors (Lipinski definition) is 2. The molecule has 5 heteroatoms. The number of halogens is 2. The lowest BCUT2D eigenvalue weighted by Crippen LogP contribution is -2.38. The van der Waals surface area contributed by atoms with Crippen molar-refractivity contribution < 1.29 is 18.3 Å². The minimum Gasteiger partial charge on any atom is -0.362 e. The first kappa shape index (κ1) is 10.0. The number of benzene rings is 1. The number of amides is 1. The van der Waals surface area contributed by atoms with Crippen LogP contribution in [-0.2, 0) is 9.53 Å². The van der Waals surface area contributed by atoms with Gasteiger partial charge >= 0.3 is 0 Å². The van der Waals surface area contributed by atoms with Gasteiger partial charge in [-0.3, -0.25) is 4.79 Å². The Hall–Kier alpha value is -1.49. The molecule has 1 fully saturated rings. The molecule has 1 heterocycles. The Morgan fingerprint density at radius 2 is 2.13 bits per heavy atom. The van der Waals surface area contributed by atoms with Gasteiger partial charge in [0.25, 0.3) is 0 Å². The molecule has 0 unspecified atom stereocenters. The minimum atomic E-state index is -0.909. The second-order valence-corrected chi connectivity index (χ2v) is 3.28. The summed E-state index contributed by atoms with van der Waals surface area (Å²) in [5.74, 6) is -2.00. The number of nitrogens with one attached hydrogen (secondary N) is 1. The second-order valence-electron chi connectivity index (χ2n) is 3.28. The van der Waals surface area contributed by atoms with Crippen LogP contribution in [0.2, 0.25) is 0 Å².